The summed E-state index contributed by atoms with van der Waals surface area (Å²) in [6.07, 6.45) is 5.34. The maximum absolute atomic E-state index is 5.48. The molecule has 2 N–H and O–H groups in total. The molecular formula is C12H21N7. The second-order valence-electron chi connectivity index (χ2n) is 5.05. The highest BCUT2D eigenvalue weighted by atomic mass is 15.4. The highest BCUT2D eigenvalue weighted by Gasteiger charge is 2.08. The molecule has 0 atom stereocenters. The molecule has 104 valence electrons. The van der Waals surface area contributed by atoms with Crippen molar-refractivity contribution in [1.82, 2.24) is 29.8 Å². The molecule has 2 rings (SSSR count). The van der Waals surface area contributed by atoms with Gasteiger partial charge in [-0.25, -0.2) is 14.3 Å². The van der Waals surface area contributed by atoms with E-state index in [0.717, 1.165) is 30.9 Å². The molecule has 0 aromatic carbocycles. The van der Waals surface area contributed by atoms with Gasteiger partial charge in [0.25, 0.3) is 0 Å². The van der Waals surface area contributed by atoms with Crippen molar-refractivity contribution in [3.63, 3.8) is 0 Å². The lowest BCUT2D eigenvalue weighted by Crippen LogP contribution is -2.13. The van der Waals surface area contributed by atoms with Gasteiger partial charge < -0.3 is 5.73 Å². The molecule has 0 bridgehead atoms. The summed E-state index contributed by atoms with van der Waals surface area (Å²) in [6.45, 7) is 6.46. The fourth-order valence-electron chi connectivity index (χ4n) is 1.87. The molecule has 7 heteroatoms. The molecule has 0 unspecified atom stereocenters. The van der Waals surface area contributed by atoms with Crippen LogP contribution in [0, 0.1) is 5.92 Å². The third kappa shape index (κ3) is 3.85. The standard InChI is InChI=1S/C12H21N7/c1-10(2)6-19-12(14-9-15-19)8-18-7-11(16-17-18)4-3-5-13/h7,9-10H,3-6,8,13H2,1-2H3. The third-order valence-electron chi connectivity index (χ3n) is 2.76. The van der Waals surface area contributed by atoms with Crippen LogP contribution in [0.25, 0.3) is 0 Å². The molecule has 0 fully saturated rings. The van der Waals surface area contributed by atoms with Gasteiger partial charge in [0.05, 0.1) is 5.69 Å². The molecule has 0 aliphatic carbocycles. The van der Waals surface area contributed by atoms with Gasteiger partial charge in [-0.2, -0.15) is 5.10 Å². The quantitative estimate of drug-likeness (QED) is 0.784. The van der Waals surface area contributed by atoms with Crippen molar-refractivity contribution in [2.45, 2.75) is 39.8 Å². The maximum Gasteiger partial charge on any atom is 0.148 e. The van der Waals surface area contributed by atoms with Crippen LogP contribution in [0.4, 0.5) is 0 Å². The summed E-state index contributed by atoms with van der Waals surface area (Å²) in [5.74, 6) is 1.44. The first kappa shape index (κ1) is 13.7. The van der Waals surface area contributed by atoms with E-state index in [9.17, 15) is 0 Å². The number of rotatable bonds is 7. The van der Waals surface area contributed by atoms with Gasteiger partial charge in [-0.1, -0.05) is 19.1 Å². The molecule has 2 aromatic rings. The molecule has 0 saturated carbocycles. The normalized spacial score (nSPS) is 11.4. The minimum Gasteiger partial charge on any atom is -0.330 e. The zero-order valence-electron chi connectivity index (χ0n) is 11.5. The van der Waals surface area contributed by atoms with Crippen molar-refractivity contribution >= 4 is 0 Å². The van der Waals surface area contributed by atoms with Gasteiger partial charge in [0.1, 0.15) is 18.7 Å². The first-order chi connectivity index (χ1) is 9.19. The van der Waals surface area contributed by atoms with Gasteiger partial charge >= 0.3 is 0 Å². The molecule has 2 aromatic heterocycles. The van der Waals surface area contributed by atoms with Crippen molar-refractivity contribution in [2.75, 3.05) is 6.54 Å². The van der Waals surface area contributed by atoms with E-state index < -0.39 is 0 Å². The van der Waals surface area contributed by atoms with Crippen molar-refractivity contribution < 1.29 is 0 Å². The molecule has 0 saturated heterocycles. The first-order valence-corrected chi connectivity index (χ1v) is 6.64. The van der Waals surface area contributed by atoms with E-state index in [1.807, 2.05) is 10.9 Å². The number of hydrogen-bond donors (Lipinski definition) is 1. The largest absolute Gasteiger partial charge is 0.330 e. The molecule has 0 spiro atoms. The fraction of sp³-hybridized carbons (Fsp3) is 0.667. The summed E-state index contributed by atoms with van der Waals surface area (Å²) in [5, 5.41) is 12.5. The van der Waals surface area contributed by atoms with Gasteiger partial charge in [-0.15, -0.1) is 5.10 Å². The minimum atomic E-state index is 0.538. The van der Waals surface area contributed by atoms with Crippen molar-refractivity contribution in [3.05, 3.63) is 24.0 Å². The van der Waals surface area contributed by atoms with E-state index in [1.165, 1.54) is 0 Å². The van der Waals surface area contributed by atoms with Crippen LogP contribution < -0.4 is 5.73 Å². The smallest absolute Gasteiger partial charge is 0.148 e. The Morgan fingerprint density at radius 3 is 2.95 bits per heavy atom. The average molecular weight is 263 g/mol. The highest BCUT2D eigenvalue weighted by Crippen LogP contribution is 2.04. The summed E-state index contributed by atoms with van der Waals surface area (Å²) in [5.41, 5.74) is 6.45. The fourth-order valence-corrected chi connectivity index (χ4v) is 1.87. The Labute approximate surface area is 112 Å². The first-order valence-electron chi connectivity index (χ1n) is 6.64. The molecule has 0 radical (unpaired) electrons. The average Bonchev–Trinajstić information content (AvgIpc) is 2.97. The van der Waals surface area contributed by atoms with Gasteiger partial charge in [0, 0.05) is 12.7 Å². The highest BCUT2D eigenvalue weighted by molar-refractivity contribution is 4.95. The van der Waals surface area contributed by atoms with Crippen molar-refractivity contribution in [2.24, 2.45) is 11.7 Å². The van der Waals surface area contributed by atoms with Crippen LogP contribution in [0.5, 0.6) is 0 Å². The number of aromatic nitrogens is 6. The van der Waals surface area contributed by atoms with Gasteiger partial charge in [0.2, 0.25) is 0 Å². The van der Waals surface area contributed by atoms with Crippen molar-refractivity contribution in [3.8, 4) is 0 Å². The van der Waals surface area contributed by atoms with E-state index >= 15 is 0 Å². The summed E-state index contributed by atoms with van der Waals surface area (Å²) in [7, 11) is 0. The molecule has 19 heavy (non-hydrogen) atoms. The summed E-state index contributed by atoms with van der Waals surface area (Å²) in [6, 6.07) is 0. The zero-order valence-corrected chi connectivity index (χ0v) is 11.5. The Hall–Kier alpha value is -1.76. The Morgan fingerprint density at radius 2 is 2.21 bits per heavy atom. The van der Waals surface area contributed by atoms with Crippen LogP contribution in [0.2, 0.25) is 0 Å². The summed E-state index contributed by atoms with van der Waals surface area (Å²) < 4.78 is 3.72. The zero-order chi connectivity index (χ0) is 13.7. The SMILES string of the molecule is CC(C)Cn1ncnc1Cn1cc(CCCN)nn1. The van der Waals surface area contributed by atoms with E-state index in [1.54, 1.807) is 11.0 Å². The molecule has 0 amide bonds. The number of hydrogen-bond acceptors (Lipinski definition) is 5. The second-order valence-corrected chi connectivity index (χ2v) is 5.05. The lowest BCUT2D eigenvalue weighted by atomic mass is 10.2. The van der Waals surface area contributed by atoms with E-state index in [-0.39, 0.29) is 0 Å². The molecular weight excluding hydrogens is 242 g/mol. The predicted octanol–water partition coefficient (Wildman–Crippen LogP) is 0.465. The van der Waals surface area contributed by atoms with E-state index in [2.05, 4.69) is 34.2 Å². The van der Waals surface area contributed by atoms with Gasteiger partial charge in [0.15, 0.2) is 0 Å². The lowest BCUT2D eigenvalue weighted by Gasteiger charge is -2.07. The minimum absolute atomic E-state index is 0.538. The second kappa shape index (κ2) is 6.42. The van der Waals surface area contributed by atoms with Crippen LogP contribution in [0.1, 0.15) is 31.8 Å². The molecule has 0 aliphatic rings. The Morgan fingerprint density at radius 1 is 1.37 bits per heavy atom. The number of nitrogens with two attached hydrogens (primary N) is 1. The molecule has 2 heterocycles. The van der Waals surface area contributed by atoms with Crippen LogP contribution in [0.15, 0.2) is 12.5 Å². The molecule has 7 nitrogen and oxygen atoms in total. The van der Waals surface area contributed by atoms with E-state index in [4.69, 9.17) is 5.73 Å². The van der Waals surface area contributed by atoms with Crippen LogP contribution >= 0.6 is 0 Å². The predicted molar refractivity (Wildman–Crippen MR) is 71.4 cm³/mol. The summed E-state index contributed by atoms with van der Waals surface area (Å²) in [4.78, 5) is 4.28. The van der Waals surface area contributed by atoms with Crippen LogP contribution in [0.3, 0.4) is 0 Å². The van der Waals surface area contributed by atoms with Crippen LogP contribution in [-0.2, 0) is 19.5 Å². The Kier molecular flexibility index (Phi) is 4.62. The Balaban J connectivity index is 2.00. The maximum atomic E-state index is 5.48. The monoisotopic (exact) mass is 263 g/mol. The Bertz CT molecular complexity index is 500. The van der Waals surface area contributed by atoms with Crippen molar-refractivity contribution in [1.29, 1.82) is 0 Å². The summed E-state index contributed by atoms with van der Waals surface area (Å²) >= 11 is 0. The van der Waals surface area contributed by atoms with Gasteiger partial charge in [-0.05, 0) is 25.3 Å². The number of nitrogens with zero attached hydrogens (tertiary/aromatic N) is 6. The lowest BCUT2D eigenvalue weighted by molar-refractivity contribution is 0.455. The third-order valence-corrected chi connectivity index (χ3v) is 2.76. The molecule has 0 aliphatic heterocycles. The van der Waals surface area contributed by atoms with E-state index in [0.29, 0.717) is 19.0 Å². The van der Waals surface area contributed by atoms with Gasteiger partial charge in [-0.3, -0.25) is 0 Å². The number of aryl methyl sites for hydroxylation is 1. The van der Waals surface area contributed by atoms with Crippen LogP contribution in [-0.4, -0.2) is 36.3 Å². The topological polar surface area (TPSA) is 87.4 Å².